The van der Waals surface area contributed by atoms with Crippen LogP contribution >= 0.6 is 0 Å². The fourth-order valence-electron chi connectivity index (χ4n) is 3.33. The van der Waals surface area contributed by atoms with Crippen LogP contribution in [0.5, 0.6) is 5.75 Å². The monoisotopic (exact) mass is 433 g/mol. The van der Waals surface area contributed by atoms with Gasteiger partial charge in [-0.15, -0.1) is 0 Å². The van der Waals surface area contributed by atoms with Gasteiger partial charge in [0.25, 0.3) is 6.43 Å². The molecule has 0 saturated heterocycles. The molecule has 6 heteroatoms. The van der Waals surface area contributed by atoms with Crippen LogP contribution in [0.25, 0.3) is 11.3 Å². The zero-order chi connectivity index (χ0) is 23.1. The number of halogens is 4. The van der Waals surface area contributed by atoms with E-state index in [-0.39, 0.29) is 23.8 Å². The number of rotatable bonds is 6. The van der Waals surface area contributed by atoms with Gasteiger partial charge in [-0.2, -0.15) is 0 Å². The standard InChI is InChI=1S/C23H21F4NO.C2H6/c1-4-29-17-11-19(24)22(20(25)12-17)23-18(16-8-6-5-7-9-16)10-14(2)15(3)28(23)13-21(26)27;1-2/h5-12,21H,3-4,13H2,1-2H3;1-2H3. The molecule has 3 rings (SSSR count). The van der Waals surface area contributed by atoms with E-state index in [1.54, 1.807) is 50.3 Å². The van der Waals surface area contributed by atoms with E-state index in [2.05, 4.69) is 6.58 Å². The molecule has 0 spiro atoms. The third-order valence-electron chi connectivity index (χ3n) is 4.64. The Bertz CT molecular complexity index is 957. The lowest BCUT2D eigenvalue weighted by Crippen LogP contribution is -2.30. The molecular weight excluding hydrogens is 406 g/mol. The predicted octanol–water partition coefficient (Wildman–Crippen LogP) is 7.30. The molecular formula is C25H27F4NO. The van der Waals surface area contributed by atoms with Crippen molar-refractivity contribution in [2.45, 2.75) is 34.1 Å². The molecule has 1 aliphatic heterocycles. The zero-order valence-corrected chi connectivity index (χ0v) is 18.2. The largest absolute Gasteiger partial charge is 0.494 e. The van der Waals surface area contributed by atoms with Crippen molar-refractivity contribution < 1.29 is 22.3 Å². The van der Waals surface area contributed by atoms with Gasteiger partial charge in [0.15, 0.2) is 0 Å². The van der Waals surface area contributed by atoms with Crippen molar-refractivity contribution in [3.8, 4) is 5.75 Å². The molecule has 0 aliphatic carbocycles. The lowest BCUT2D eigenvalue weighted by atomic mass is 9.91. The Morgan fingerprint density at radius 1 is 1.03 bits per heavy atom. The third-order valence-corrected chi connectivity index (χ3v) is 4.64. The predicted molar refractivity (Wildman–Crippen MR) is 118 cm³/mol. The summed E-state index contributed by atoms with van der Waals surface area (Å²) in [5.41, 5.74) is 1.63. The van der Waals surface area contributed by atoms with Crippen molar-refractivity contribution in [2.24, 2.45) is 0 Å². The number of nitrogens with zero attached hydrogens (tertiary/aromatic N) is 1. The second kappa shape index (κ2) is 10.8. The number of benzene rings is 2. The summed E-state index contributed by atoms with van der Waals surface area (Å²) < 4.78 is 62.0. The average Bonchev–Trinajstić information content (AvgIpc) is 2.74. The Labute approximate surface area is 181 Å². The van der Waals surface area contributed by atoms with Gasteiger partial charge in [-0.25, -0.2) is 17.6 Å². The van der Waals surface area contributed by atoms with E-state index < -0.39 is 30.2 Å². The molecule has 0 radical (unpaired) electrons. The number of alkyl halides is 2. The summed E-state index contributed by atoms with van der Waals surface area (Å²) in [4.78, 5) is 1.18. The summed E-state index contributed by atoms with van der Waals surface area (Å²) in [5.74, 6) is -1.75. The van der Waals surface area contributed by atoms with Gasteiger partial charge in [0.1, 0.15) is 17.4 Å². The van der Waals surface area contributed by atoms with Crippen LogP contribution in [0.4, 0.5) is 17.6 Å². The van der Waals surface area contributed by atoms with Crippen LogP contribution in [0.15, 0.2) is 66.4 Å². The average molecular weight is 433 g/mol. The molecule has 0 unspecified atom stereocenters. The Kier molecular flexibility index (Phi) is 8.48. The van der Waals surface area contributed by atoms with E-state index in [0.29, 0.717) is 16.7 Å². The first-order chi connectivity index (χ1) is 14.8. The molecule has 0 fully saturated rings. The van der Waals surface area contributed by atoms with Crippen molar-refractivity contribution in [3.63, 3.8) is 0 Å². The molecule has 0 amide bonds. The van der Waals surface area contributed by atoms with Gasteiger partial charge in [-0.05, 0) is 31.1 Å². The topological polar surface area (TPSA) is 12.5 Å². The quantitative estimate of drug-likeness (QED) is 0.443. The molecule has 2 aromatic carbocycles. The van der Waals surface area contributed by atoms with Gasteiger partial charge in [0.2, 0.25) is 0 Å². The SMILES string of the molecule is C=C1C(C)=CC(c2ccccc2)=C(c2c(F)cc(OCC)cc2F)N1CC(F)F.CC. The number of hydrogen-bond acceptors (Lipinski definition) is 2. The van der Waals surface area contributed by atoms with E-state index in [9.17, 15) is 8.78 Å². The van der Waals surface area contributed by atoms with Crippen LogP contribution in [0.3, 0.4) is 0 Å². The van der Waals surface area contributed by atoms with Crippen molar-refractivity contribution in [2.75, 3.05) is 13.2 Å². The van der Waals surface area contributed by atoms with Crippen LogP contribution in [0.1, 0.15) is 38.8 Å². The van der Waals surface area contributed by atoms with E-state index >= 15 is 8.78 Å². The third kappa shape index (κ3) is 5.37. The van der Waals surface area contributed by atoms with Crippen molar-refractivity contribution in [1.29, 1.82) is 0 Å². The molecule has 1 heterocycles. The maximum atomic E-state index is 15.0. The molecule has 2 nitrogen and oxygen atoms in total. The lowest BCUT2D eigenvalue weighted by molar-refractivity contribution is 0.123. The second-order valence-corrected chi connectivity index (χ2v) is 6.60. The van der Waals surface area contributed by atoms with Crippen molar-refractivity contribution >= 4 is 11.3 Å². The summed E-state index contributed by atoms with van der Waals surface area (Å²) in [6.07, 6.45) is -1.01. The minimum atomic E-state index is -2.72. The summed E-state index contributed by atoms with van der Waals surface area (Å²) >= 11 is 0. The molecule has 0 aromatic heterocycles. The van der Waals surface area contributed by atoms with Crippen LogP contribution < -0.4 is 4.74 Å². The van der Waals surface area contributed by atoms with Crippen molar-refractivity contribution in [3.05, 3.63) is 89.2 Å². The number of hydrogen-bond donors (Lipinski definition) is 0. The van der Waals surface area contributed by atoms with E-state index in [1.165, 1.54) is 4.90 Å². The highest BCUT2D eigenvalue weighted by Gasteiger charge is 2.31. The highest BCUT2D eigenvalue weighted by atomic mass is 19.3. The molecule has 2 aromatic rings. The van der Waals surface area contributed by atoms with Gasteiger partial charge in [0.05, 0.1) is 24.4 Å². The van der Waals surface area contributed by atoms with Gasteiger partial charge >= 0.3 is 0 Å². The van der Waals surface area contributed by atoms with Gasteiger partial charge in [0, 0.05) is 23.4 Å². The van der Waals surface area contributed by atoms with Crippen LogP contribution in [0, 0.1) is 11.6 Å². The molecule has 166 valence electrons. The van der Waals surface area contributed by atoms with Gasteiger partial charge < -0.3 is 9.64 Å². The minimum Gasteiger partial charge on any atom is -0.494 e. The fraction of sp³-hybridized carbons (Fsp3) is 0.280. The molecule has 31 heavy (non-hydrogen) atoms. The molecule has 0 bridgehead atoms. The minimum absolute atomic E-state index is 0.0187. The maximum Gasteiger partial charge on any atom is 0.256 e. The smallest absolute Gasteiger partial charge is 0.256 e. The normalized spacial score (nSPS) is 13.8. The number of ether oxygens (including phenoxy) is 1. The van der Waals surface area contributed by atoms with E-state index in [0.717, 1.165) is 12.1 Å². The Morgan fingerprint density at radius 2 is 1.61 bits per heavy atom. The first-order valence-electron chi connectivity index (χ1n) is 10.2. The fourth-order valence-corrected chi connectivity index (χ4v) is 3.33. The second-order valence-electron chi connectivity index (χ2n) is 6.60. The summed E-state index contributed by atoms with van der Waals surface area (Å²) in [6.45, 7) is 10.8. The highest BCUT2D eigenvalue weighted by Crippen LogP contribution is 2.41. The first-order valence-corrected chi connectivity index (χ1v) is 10.2. The van der Waals surface area contributed by atoms with Gasteiger partial charge in [-0.1, -0.05) is 50.8 Å². The maximum absolute atomic E-state index is 15.0. The lowest BCUT2D eigenvalue weighted by Gasteiger charge is -2.35. The van der Waals surface area contributed by atoms with E-state index in [4.69, 9.17) is 4.74 Å². The Morgan fingerprint density at radius 3 is 2.13 bits per heavy atom. The highest BCUT2D eigenvalue weighted by molar-refractivity contribution is 5.98. The van der Waals surface area contributed by atoms with E-state index in [1.807, 2.05) is 13.8 Å². The van der Waals surface area contributed by atoms with Crippen molar-refractivity contribution in [1.82, 2.24) is 4.90 Å². The van der Waals surface area contributed by atoms with Crippen LogP contribution in [-0.2, 0) is 0 Å². The zero-order valence-electron chi connectivity index (χ0n) is 18.2. The number of allylic oxidation sites excluding steroid dienone is 3. The Balaban J connectivity index is 0.00000166. The molecule has 0 N–H and O–H groups in total. The summed E-state index contributed by atoms with van der Waals surface area (Å²) in [6, 6.07) is 11.0. The summed E-state index contributed by atoms with van der Waals surface area (Å²) in [7, 11) is 0. The van der Waals surface area contributed by atoms with Crippen LogP contribution in [-0.4, -0.2) is 24.5 Å². The van der Waals surface area contributed by atoms with Gasteiger partial charge in [-0.3, -0.25) is 0 Å². The van der Waals surface area contributed by atoms with Crippen LogP contribution in [0.2, 0.25) is 0 Å². The molecule has 0 atom stereocenters. The molecule has 0 saturated carbocycles. The summed E-state index contributed by atoms with van der Waals surface area (Å²) in [5, 5.41) is 0. The first kappa shape index (κ1) is 24.3. The molecule has 1 aliphatic rings. The Hall–Kier alpha value is -3.02.